The Morgan fingerprint density at radius 1 is 1.03 bits per heavy atom. The van der Waals surface area contributed by atoms with Crippen molar-refractivity contribution >= 4 is 18.0 Å². The summed E-state index contributed by atoms with van der Waals surface area (Å²) in [7, 11) is 3.01. The maximum Gasteiger partial charge on any atom is 0.409 e. The highest BCUT2D eigenvalue weighted by Gasteiger charge is 2.37. The molecule has 4 amide bonds. The third-order valence-electron chi connectivity index (χ3n) is 5.77. The van der Waals surface area contributed by atoms with Crippen LogP contribution in [0.25, 0.3) is 0 Å². The van der Waals surface area contributed by atoms with Crippen LogP contribution in [0.4, 0.5) is 9.59 Å². The molecule has 30 heavy (non-hydrogen) atoms. The number of rotatable bonds is 6. The van der Waals surface area contributed by atoms with Crippen LogP contribution >= 0.6 is 0 Å². The molecule has 0 saturated carbocycles. The first kappa shape index (κ1) is 21.9. The minimum atomic E-state index is -0.348. The summed E-state index contributed by atoms with van der Waals surface area (Å²) < 4.78 is 4.74. The van der Waals surface area contributed by atoms with Crippen molar-refractivity contribution in [2.75, 3.05) is 60.0 Å². The molecule has 0 bridgehead atoms. The number of methoxy groups -OCH3 is 1. The van der Waals surface area contributed by atoms with Gasteiger partial charge in [0.2, 0.25) is 5.91 Å². The van der Waals surface area contributed by atoms with Gasteiger partial charge in [0.05, 0.1) is 7.11 Å². The largest absolute Gasteiger partial charge is 0.453 e. The Balaban J connectivity index is 1.51. The molecule has 2 aliphatic rings. The van der Waals surface area contributed by atoms with Crippen LogP contribution in [0.5, 0.6) is 0 Å². The van der Waals surface area contributed by atoms with Gasteiger partial charge in [-0.2, -0.15) is 0 Å². The van der Waals surface area contributed by atoms with Gasteiger partial charge in [0.15, 0.2) is 0 Å². The molecule has 2 aliphatic heterocycles. The second-order valence-corrected chi connectivity index (χ2v) is 7.66. The number of likely N-dealkylation sites (tertiary alicyclic amines) is 1. The molecule has 2 saturated heterocycles. The van der Waals surface area contributed by atoms with E-state index in [-0.39, 0.29) is 24.1 Å². The Morgan fingerprint density at radius 3 is 2.27 bits per heavy atom. The quantitative estimate of drug-likeness (QED) is 0.741. The van der Waals surface area contributed by atoms with Crippen molar-refractivity contribution in [3.8, 4) is 0 Å². The molecule has 0 spiro atoms. The minimum Gasteiger partial charge on any atom is -0.453 e. The molecule has 3 rings (SSSR count). The van der Waals surface area contributed by atoms with Gasteiger partial charge in [-0.25, -0.2) is 9.59 Å². The van der Waals surface area contributed by atoms with Gasteiger partial charge in [0, 0.05) is 71.9 Å². The topological polar surface area (TPSA) is 85.4 Å². The molecule has 1 N–H and O–H groups in total. The first-order valence-corrected chi connectivity index (χ1v) is 10.4. The van der Waals surface area contributed by atoms with E-state index in [1.54, 1.807) is 16.8 Å². The van der Waals surface area contributed by atoms with Gasteiger partial charge in [-0.15, -0.1) is 0 Å². The Hall–Kier alpha value is -2.81. The average Bonchev–Trinajstić information content (AvgIpc) is 2.76. The monoisotopic (exact) mass is 417 g/mol. The molecule has 1 aromatic carbocycles. The number of amides is 4. The van der Waals surface area contributed by atoms with E-state index < -0.39 is 0 Å². The van der Waals surface area contributed by atoms with Crippen molar-refractivity contribution in [3.05, 3.63) is 35.9 Å². The lowest BCUT2D eigenvalue weighted by Gasteiger charge is -2.47. The number of urea groups is 1. The highest BCUT2D eigenvalue weighted by Crippen LogP contribution is 2.20. The smallest absolute Gasteiger partial charge is 0.409 e. The van der Waals surface area contributed by atoms with Crippen LogP contribution in [0.2, 0.25) is 0 Å². The summed E-state index contributed by atoms with van der Waals surface area (Å²) in [6.45, 7) is 4.71. The van der Waals surface area contributed by atoms with E-state index >= 15 is 0 Å². The van der Waals surface area contributed by atoms with Crippen LogP contribution in [0.15, 0.2) is 30.3 Å². The first-order valence-electron chi connectivity index (χ1n) is 10.4. The summed E-state index contributed by atoms with van der Waals surface area (Å²) in [4.78, 5) is 43.7. The Bertz CT molecular complexity index is 730. The van der Waals surface area contributed by atoms with Crippen LogP contribution in [-0.2, 0) is 16.1 Å². The van der Waals surface area contributed by atoms with Gasteiger partial charge < -0.3 is 24.8 Å². The fraction of sp³-hybridized carbons (Fsp3) is 0.571. The third-order valence-corrected chi connectivity index (χ3v) is 5.77. The maximum absolute atomic E-state index is 12.8. The number of nitrogens with one attached hydrogen (secondary N) is 1. The summed E-state index contributed by atoms with van der Waals surface area (Å²) in [5.74, 6) is 0.0174. The SMILES string of the molecule is CNC(=O)CCN(Cc1ccccc1)C1CN(C(=O)N2CCN(C(=O)OC)CC2)C1. The molecule has 1 aromatic rings. The van der Waals surface area contributed by atoms with E-state index in [9.17, 15) is 14.4 Å². The van der Waals surface area contributed by atoms with Crippen LogP contribution in [0, 0.1) is 0 Å². The standard InChI is InChI=1S/C21H31N5O4/c1-22-19(27)8-9-25(14-17-6-4-3-5-7-17)18-15-26(16-18)20(28)23-10-12-24(13-11-23)21(29)30-2/h3-7,18H,8-16H2,1-2H3,(H,22,27). The van der Waals surface area contributed by atoms with E-state index in [1.807, 2.05) is 23.1 Å². The molecular weight excluding hydrogens is 386 g/mol. The zero-order chi connectivity index (χ0) is 21.5. The van der Waals surface area contributed by atoms with Crippen LogP contribution in [0.1, 0.15) is 12.0 Å². The Kier molecular flexibility index (Phi) is 7.51. The number of piperazine rings is 1. The summed E-state index contributed by atoms with van der Waals surface area (Å²) in [5, 5.41) is 2.67. The predicted octanol–water partition coefficient (Wildman–Crippen LogP) is 0.813. The lowest BCUT2D eigenvalue weighted by Crippen LogP contribution is -2.65. The van der Waals surface area contributed by atoms with Gasteiger partial charge in [-0.05, 0) is 5.56 Å². The number of carbonyl (C=O) groups is 3. The van der Waals surface area contributed by atoms with Crippen LogP contribution in [0.3, 0.4) is 0 Å². The summed E-state index contributed by atoms with van der Waals surface area (Å²) in [6.07, 6.45) is 0.0854. The number of carbonyl (C=O) groups excluding carboxylic acids is 3. The van der Waals surface area contributed by atoms with Crippen molar-refractivity contribution in [1.29, 1.82) is 0 Å². The summed E-state index contributed by atoms with van der Waals surface area (Å²) in [6, 6.07) is 10.4. The van der Waals surface area contributed by atoms with E-state index in [0.29, 0.717) is 52.2 Å². The molecule has 0 aliphatic carbocycles. The molecule has 9 heteroatoms. The third kappa shape index (κ3) is 5.41. The fourth-order valence-electron chi connectivity index (χ4n) is 3.83. The van der Waals surface area contributed by atoms with Crippen molar-refractivity contribution in [3.63, 3.8) is 0 Å². The minimum absolute atomic E-state index is 0.0155. The van der Waals surface area contributed by atoms with Crippen LogP contribution in [-0.4, -0.2) is 104 Å². The molecular formula is C21H31N5O4. The van der Waals surface area contributed by atoms with E-state index in [4.69, 9.17) is 4.74 Å². The number of ether oxygens (including phenoxy) is 1. The second kappa shape index (κ2) is 10.3. The predicted molar refractivity (Wildman–Crippen MR) is 112 cm³/mol. The lowest BCUT2D eigenvalue weighted by atomic mass is 10.1. The highest BCUT2D eigenvalue weighted by atomic mass is 16.5. The van der Waals surface area contributed by atoms with Crippen molar-refractivity contribution in [2.24, 2.45) is 0 Å². The molecule has 2 fully saturated rings. The van der Waals surface area contributed by atoms with Gasteiger partial charge in [-0.3, -0.25) is 9.69 Å². The Morgan fingerprint density at radius 2 is 1.67 bits per heavy atom. The van der Waals surface area contributed by atoms with Crippen molar-refractivity contribution < 1.29 is 19.1 Å². The zero-order valence-electron chi connectivity index (χ0n) is 17.7. The number of nitrogens with zero attached hydrogens (tertiary/aromatic N) is 4. The molecule has 9 nitrogen and oxygen atoms in total. The number of hydrogen-bond donors (Lipinski definition) is 1. The van der Waals surface area contributed by atoms with Gasteiger partial charge in [-0.1, -0.05) is 30.3 Å². The molecule has 0 aromatic heterocycles. The Labute approximate surface area is 177 Å². The first-order chi connectivity index (χ1) is 14.5. The van der Waals surface area contributed by atoms with Gasteiger partial charge in [0.1, 0.15) is 0 Å². The molecule has 0 unspecified atom stereocenters. The fourth-order valence-corrected chi connectivity index (χ4v) is 3.83. The molecule has 0 radical (unpaired) electrons. The van der Waals surface area contributed by atoms with Crippen molar-refractivity contribution in [1.82, 2.24) is 24.9 Å². The van der Waals surface area contributed by atoms with E-state index in [1.165, 1.54) is 12.7 Å². The average molecular weight is 418 g/mol. The molecule has 164 valence electrons. The normalized spacial score (nSPS) is 17.0. The summed E-state index contributed by atoms with van der Waals surface area (Å²) in [5.41, 5.74) is 1.19. The van der Waals surface area contributed by atoms with Gasteiger partial charge >= 0.3 is 12.1 Å². The van der Waals surface area contributed by atoms with Gasteiger partial charge in [0.25, 0.3) is 0 Å². The lowest BCUT2D eigenvalue weighted by molar-refractivity contribution is -0.121. The highest BCUT2D eigenvalue weighted by molar-refractivity contribution is 5.76. The zero-order valence-corrected chi connectivity index (χ0v) is 17.7. The number of benzene rings is 1. The second-order valence-electron chi connectivity index (χ2n) is 7.66. The maximum atomic E-state index is 12.8. The molecule has 2 heterocycles. The number of hydrogen-bond acceptors (Lipinski definition) is 5. The van der Waals surface area contributed by atoms with Crippen LogP contribution < -0.4 is 5.32 Å². The summed E-state index contributed by atoms with van der Waals surface area (Å²) >= 11 is 0. The van der Waals surface area contributed by atoms with E-state index in [0.717, 1.165) is 6.54 Å². The van der Waals surface area contributed by atoms with Crippen molar-refractivity contribution in [2.45, 2.75) is 19.0 Å². The van der Waals surface area contributed by atoms with E-state index in [2.05, 4.69) is 22.3 Å². The molecule has 0 atom stereocenters.